The smallest absolute Gasteiger partial charge is 0.0352 e. The SMILES string of the molecule is CC(C)(N)c1ccc(C2CCC3NNCC3C2NCc2ccccc2)cc1. The molecule has 1 heterocycles. The quantitative estimate of drug-likeness (QED) is 0.659. The second kappa shape index (κ2) is 7.72. The van der Waals surface area contributed by atoms with Crippen molar-refractivity contribution in [3.63, 3.8) is 0 Å². The van der Waals surface area contributed by atoms with Crippen LogP contribution in [0, 0.1) is 5.92 Å². The summed E-state index contributed by atoms with van der Waals surface area (Å²) < 4.78 is 0. The summed E-state index contributed by atoms with van der Waals surface area (Å²) in [5.74, 6) is 1.14. The standard InChI is InChI=1S/C23H32N4/c1-23(2,24)18-10-8-17(9-11-18)19-12-13-21-20(15-26-27-21)22(19)25-14-16-6-4-3-5-7-16/h3-11,19-22,25-27H,12-15,24H2,1-2H3. The van der Waals surface area contributed by atoms with E-state index in [-0.39, 0.29) is 5.54 Å². The van der Waals surface area contributed by atoms with Crippen LogP contribution in [0.15, 0.2) is 54.6 Å². The van der Waals surface area contributed by atoms with E-state index in [1.165, 1.54) is 29.5 Å². The third-order valence-corrected chi connectivity index (χ3v) is 6.29. The Balaban J connectivity index is 1.55. The van der Waals surface area contributed by atoms with E-state index >= 15 is 0 Å². The minimum Gasteiger partial charge on any atom is -0.322 e. The molecule has 144 valence electrons. The van der Waals surface area contributed by atoms with E-state index in [1.54, 1.807) is 0 Å². The zero-order chi connectivity index (χ0) is 18.9. The highest BCUT2D eigenvalue weighted by atomic mass is 15.4. The number of hydrogen-bond acceptors (Lipinski definition) is 4. The van der Waals surface area contributed by atoms with Crippen molar-refractivity contribution in [2.75, 3.05) is 6.54 Å². The van der Waals surface area contributed by atoms with Crippen molar-refractivity contribution in [1.82, 2.24) is 16.2 Å². The molecule has 27 heavy (non-hydrogen) atoms. The van der Waals surface area contributed by atoms with Crippen LogP contribution in [0.25, 0.3) is 0 Å². The monoisotopic (exact) mass is 364 g/mol. The molecule has 1 aliphatic heterocycles. The number of hydrazine groups is 1. The van der Waals surface area contributed by atoms with Gasteiger partial charge in [0.05, 0.1) is 0 Å². The Morgan fingerprint density at radius 2 is 1.78 bits per heavy atom. The molecule has 4 nitrogen and oxygen atoms in total. The van der Waals surface area contributed by atoms with Crippen LogP contribution in [-0.2, 0) is 12.1 Å². The first-order valence-corrected chi connectivity index (χ1v) is 10.2. The summed E-state index contributed by atoms with van der Waals surface area (Å²) in [7, 11) is 0. The zero-order valence-electron chi connectivity index (χ0n) is 16.4. The van der Waals surface area contributed by atoms with Crippen LogP contribution in [0.5, 0.6) is 0 Å². The Hall–Kier alpha value is -1.72. The van der Waals surface area contributed by atoms with Crippen molar-refractivity contribution in [3.8, 4) is 0 Å². The van der Waals surface area contributed by atoms with Crippen molar-refractivity contribution in [2.24, 2.45) is 11.7 Å². The first-order chi connectivity index (χ1) is 13.0. The first-order valence-electron chi connectivity index (χ1n) is 10.2. The summed E-state index contributed by atoms with van der Waals surface area (Å²) in [6, 6.07) is 20.7. The maximum Gasteiger partial charge on any atom is 0.0352 e. The van der Waals surface area contributed by atoms with Crippen LogP contribution in [0.3, 0.4) is 0 Å². The van der Waals surface area contributed by atoms with Gasteiger partial charge in [-0.1, -0.05) is 54.6 Å². The van der Waals surface area contributed by atoms with E-state index < -0.39 is 0 Å². The molecule has 4 rings (SSSR count). The van der Waals surface area contributed by atoms with Gasteiger partial charge in [0.1, 0.15) is 0 Å². The van der Waals surface area contributed by atoms with Gasteiger partial charge in [0, 0.05) is 36.6 Å². The number of fused-ring (bicyclic) bond motifs is 1. The van der Waals surface area contributed by atoms with Crippen molar-refractivity contribution in [3.05, 3.63) is 71.3 Å². The second-order valence-corrected chi connectivity index (χ2v) is 8.72. The van der Waals surface area contributed by atoms with Gasteiger partial charge in [0.2, 0.25) is 0 Å². The number of rotatable bonds is 5. The second-order valence-electron chi connectivity index (χ2n) is 8.72. The van der Waals surface area contributed by atoms with Gasteiger partial charge in [-0.2, -0.15) is 0 Å². The highest BCUT2D eigenvalue weighted by molar-refractivity contribution is 5.31. The van der Waals surface area contributed by atoms with E-state index in [0.29, 0.717) is 23.9 Å². The van der Waals surface area contributed by atoms with Gasteiger partial charge < -0.3 is 11.1 Å². The minimum absolute atomic E-state index is 0.291. The van der Waals surface area contributed by atoms with E-state index in [1.807, 2.05) is 0 Å². The van der Waals surface area contributed by atoms with Crippen molar-refractivity contribution in [2.45, 2.75) is 56.8 Å². The fourth-order valence-corrected chi connectivity index (χ4v) is 4.72. The van der Waals surface area contributed by atoms with Crippen molar-refractivity contribution >= 4 is 0 Å². The topological polar surface area (TPSA) is 62.1 Å². The van der Waals surface area contributed by atoms with E-state index in [0.717, 1.165) is 13.1 Å². The molecule has 0 bridgehead atoms. The molecule has 0 radical (unpaired) electrons. The highest BCUT2D eigenvalue weighted by Crippen LogP contribution is 2.38. The van der Waals surface area contributed by atoms with Gasteiger partial charge in [-0.25, -0.2) is 0 Å². The maximum atomic E-state index is 6.27. The number of nitrogens with one attached hydrogen (secondary N) is 3. The van der Waals surface area contributed by atoms with Gasteiger partial charge in [-0.15, -0.1) is 0 Å². The molecule has 4 heteroatoms. The van der Waals surface area contributed by atoms with Crippen LogP contribution in [0.4, 0.5) is 0 Å². The molecule has 1 saturated carbocycles. The Morgan fingerprint density at radius 3 is 2.48 bits per heavy atom. The van der Waals surface area contributed by atoms with Crippen molar-refractivity contribution < 1.29 is 0 Å². The molecule has 5 N–H and O–H groups in total. The fourth-order valence-electron chi connectivity index (χ4n) is 4.72. The predicted octanol–water partition coefficient (Wildman–Crippen LogP) is 3.01. The number of hydrogen-bond donors (Lipinski definition) is 4. The van der Waals surface area contributed by atoms with Crippen molar-refractivity contribution in [1.29, 1.82) is 0 Å². The van der Waals surface area contributed by atoms with Gasteiger partial charge in [-0.05, 0) is 49.3 Å². The van der Waals surface area contributed by atoms with Crippen LogP contribution >= 0.6 is 0 Å². The molecule has 2 fully saturated rings. The summed E-state index contributed by atoms with van der Waals surface area (Å²) in [6.45, 7) is 6.07. The lowest BCUT2D eigenvalue weighted by molar-refractivity contribution is 0.221. The van der Waals surface area contributed by atoms with Crippen LogP contribution in [0.1, 0.15) is 49.3 Å². The summed E-state index contributed by atoms with van der Waals surface area (Å²) in [5.41, 5.74) is 16.8. The van der Waals surface area contributed by atoms with Gasteiger partial charge >= 0.3 is 0 Å². The molecule has 0 spiro atoms. The van der Waals surface area contributed by atoms with Crippen LogP contribution < -0.4 is 21.9 Å². The average Bonchev–Trinajstić information content (AvgIpc) is 3.15. The Morgan fingerprint density at radius 1 is 1.04 bits per heavy atom. The largest absolute Gasteiger partial charge is 0.322 e. The summed E-state index contributed by atoms with van der Waals surface area (Å²) in [4.78, 5) is 0. The summed E-state index contributed by atoms with van der Waals surface area (Å²) in [5, 5.41) is 3.90. The summed E-state index contributed by atoms with van der Waals surface area (Å²) in [6.07, 6.45) is 2.42. The Labute approximate surface area is 162 Å². The maximum absolute atomic E-state index is 6.27. The Bertz CT molecular complexity index is 735. The lowest BCUT2D eigenvalue weighted by Crippen LogP contribution is -2.50. The molecular weight excluding hydrogens is 332 g/mol. The molecule has 2 aromatic carbocycles. The molecule has 2 aromatic rings. The molecule has 4 atom stereocenters. The van der Waals surface area contributed by atoms with E-state index in [4.69, 9.17) is 5.73 Å². The van der Waals surface area contributed by atoms with Gasteiger partial charge in [0.25, 0.3) is 0 Å². The predicted molar refractivity (Wildman–Crippen MR) is 111 cm³/mol. The first kappa shape index (κ1) is 18.6. The highest BCUT2D eigenvalue weighted by Gasteiger charge is 2.42. The fraction of sp³-hybridized carbons (Fsp3) is 0.478. The van der Waals surface area contributed by atoms with Crippen LogP contribution in [0.2, 0.25) is 0 Å². The average molecular weight is 365 g/mol. The third kappa shape index (κ3) is 4.09. The lowest BCUT2D eigenvalue weighted by atomic mass is 9.71. The molecule has 4 unspecified atom stereocenters. The molecule has 0 aromatic heterocycles. The van der Waals surface area contributed by atoms with E-state index in [2.05, 4.69) is 84.6 Å². The normalized spacial score (nSPS) is 28.1. The van der Waals surface area contributed by atoms with E-state index in [9.17, 15) is 0 Å². The lowest BCUT2D eigenvalue weighted by Gasteiger charge is -2.40. The number of benzene rings is 2. The zero-order valence-corrected chi connectivity index (χ0v) is 16.4. The molecule has 1 aliphatic carbocycles. The molecule has 1 saturated heterocycles. The van der Waals surface area contributed by atoms with Gasteiger partial charge in [-0.3, -0.25) is 10.9 Å². The van der Waals surface area contributed by atoms with Gasteiger partial charge in [0.15, 0.2) is 0 Å². The summed E-state index contributed by atoms with van der Waals surface area (Å²) >= 11 is 0. The molecule has 0 amide bonds. The third-order valence-electron chi connectivity index (χ3n) is 6.29. The minimum atomic E-state index is -0.291. The Kier molecular flexibility index (Phi) is 5.33. The molecular formula is C23H32N4. The van der Waals surface area contributed by atoms with Crippen LogP contribution in [-0.4, -0.2) is 18.6 Å². The molecule has 2 aliphatic rings. The number of nitrogens with two attached hydrogens (primary N) is 1.